The molecule has 2 aromatic heterocycles. The van der Waals surface area contributed by atoms with Gasteiger partial charge >= 0.3 is 0 Å². The number of hydrogen-bond acceptors (Lipinski definition) is 4. The summed E-state index contributed by atoms with van der Waals surface area (Å²) in [5, 5.41) is 12.4. The Hall–Kier alpha value is -0.420. The standard InChI is InChI=1S/C9H8ClNOS2/c10-7-1-2-13-9(7)8(12)3-6-4-11-5-14-6/h1-2,4-5,8,12H,3H2. The fourth-order valence-corrected chi connectivity index (χ4v) is 2.97. The minimum Gasteiger partial charge on any atom is -0.387 e. The van der Waals surface area contributed by atoms with Crippen molar-refractivity contribution in [2.24, 2.45) is 0 Å². The molecule has 1 N–H and O–H groups in total. The first-order valence-corrected chi connectivity index (χ1v) is 6.19. The Labute approximate surface area is 94.8 Å². The lowest BCUT2D eigenvalue weighted by Gasteiger charge is -2.06. The van der Waals surface area contributed by atoms with E-state index in [4.69, 9.17) is 11.6 Å². The van der Waals surface area contributed by atoms with Gasteiger partial charge in [-0.05, 0) is 11.4 Å². The molecule has 0 radical (unpaired) electrons. The van der Waals surface area contributed by atoms with Crippen LogP contribution in [0.2, 0.25) is 5.02 Å². The predicted octanol–water partition coefficient (Wildman–Crippen LogP) is 3.13. The van der Waals surface area contributed by atoms with Crippen LogP contribution in [0.4, 0.5) is 0 Å². The second-order valence-electron chi connectivity index (χ2n) is 2.82. The van der Waals surface area contributed by atoms with Gasteiger partial charge in [0.25, 0.3) is 0 Å². The number of thiazole rings is 1. The molecule has 2 aromatic rings. The smallest absolute Gasteiger partial charge is 0.0945 e. The molecule has 0 aliphatic heterocycles. The second kappa shape index (κ2) is 4.40. The molecule has 0 aliphatic carbocycles. The SMILES string of the molecule is OC(Cc1cncs1)c1sccc1Cl. The highest BCUT2D eigenvalue weighted by atomic mass is 35.5. The molecule has 0 aliphatic rings. The summed E-state index contributed by atoms with van der Waals surface area (Å²) in [5.41, 5.74) is 1.76. The van der Waals surface area contributed by atoms with E-state index in [1.165, 1.54) is 11.3 Å². The van der Waals surface area contributed by atoms with E-state index < -0.39 is 6.10 Å². The Morgan fingerprint density at radius 2 is 2.36 bits per heavy atom. The van der Waals surface area contributed by atoms with E-state index in [1.807, 2.05) is 5.38 Å². The molecule has 0 amide bonds. The number of halogens is 1. The summed E-state index contributed by atoms with van der Waals surface area (Å²) in [6, 6.07) is 1.80. The Kier molecular flexibility index (Phi) is 3.18. The summed E-state index contributed by atoms with van der Waals surface area (Å²) in [4.78, 5) is 5.86. The molecule has 14 heavy (non-hydrogen) atoms. The Balaban J connectivity index is 2.10. The van der Waals surface area contributed by atoms with Crippen LogP contribution in [0.3, 0.4) is 0 Å². The molecule has 2 nitrogen and oxygen atoms in total. The monoisotopic (exact) mass is 245 g/mol. The highest BCUT2D eigenvalue weighted by molar-refractivity contribution is 7.10. The first-order valence-electron chi connectivity index (χ1n) is 4.05. The molecule has 1 atom stereocenters. The van der Waals surface area contributed by atoms with Crippen molar-refractivity contribution in [1.82, 2.24) is 4.98 Å². The maximum absolute atomic E-state index is 9.87. The molecular weight excluding hydrogens is 238 g/mol. The lowest BCUT2D eigenvalue weighted by atomic mass is 10.2. The number of aliphatic hydroxyl groups excluding tert-OH is 1. The molecule has 2 rings (SSSR count). The molecule has 0 fully saturated rings. The van der Waals surface area contributed by atoms with Crippen LogP contribution in [0.15, 0.2) is 23.2 Å². The van der Waals surface area contributed by atoms with E-state index in [0.717, 1.165) is 9.75 Å². The number of rotatable bonds is 3. The zero-order valence-electron chi connectivity index (χ0n) is 7.18. The number of nitrogens with zero attached hydrogens (tertiary/aromatic N) is 1. The third-order valence-corrected chi connectivity index (χ3v) is 4.09. The van der Waals surface area contributed by atoms with Crippen LogP contribution in [-0.2, 0) is 6.42 Å². The predicted molar refractivity (Wildman–Crippen MR) is 60.1 cm³/mol. The Bertz CT molecular complexity index is 399. The van der Waals surface area contributed by atoms with Crippen molar-refractivity contribution in [3.05, 3.63) is 37.9 Å². The van der Waals surface area contributed by atoms with Crippen LogP contribution in [0, 0.1) is 0 Å². The van der Waals surface area contributed by atoms with E-state index >= 15 is 0 Å². The fraction of sp³-hybridized carbons (Fsp3) is 0.222. The maximum atomic E-state index is 9.87. The molecular formula is C9H8ClNOS2. The number of hydrogen-bond donors (Lipinski definition) is 1. The first kappa shape index (κ1) is 10.1. The van der Waals surface area contributed by atoms with E-state index in [2.05, 4.69) is 4.98 Å². The molecule has 0 saturated heterocycles. The highest BCUT2D eigenvalue weighted by Crippen LogP contribution is 2.31. The lowest BCUT2D eigenvalue weighted by Crippen LogP contribution is -1.98. The van der Waals surface area contributed by atoms with E-state index in [1.54, 1.807) is 29.1 Å². The zero-order chi connectivity index (χ0) is 9.97. The van der Waals surface area contributed by atoms with Gasteiger partial charge in [0.2, 0.25) is 0 Å². The summed E-state index contributed by atoms with van der Waals surface area (Å²) >= 11 is 8.94. The van der Waals surface area contributed by atoms with Crippen molar-refractivity contribution in [3.8, 4) is 0 Å². The summed E-state index contributed by atoms with van der Waals surface area (Å²) in [6.07, 6.45) is 1.85. The van der Waals surface area contributed by atoms with Gasteiger partial charge in [0.1, 0.15) is 0 Å². The molecule has 74 valence electrons. The summed E-state index contributed by atoms with van der Waals surface area (Å²) in [5.74, 6) is 0. The van der Waals surface area contributed by atoms with Crippen molar-refractivity contribution < 1.29 is 5.11 Å². The van der Waals surface area contributed by atoms with Crippen LogP contribution in [-0.4, -0.2) is 10.1 Å². The van der Waals surface area contributed by atoms with Gasteiger partial charge in [-0.15, -0.1) is 22.7 Å². The fourth-order valence-electron chi connectivity index (χ4n) is 1.17. The van der Waals surface area contributed by atoms with Crippen LogP contribution in [0.5, 0.6) is 0 Å². The van der Waals surface area contributed by atoms with Crippen molar-refractivity contribution >= 4 is 34.3 Å². The summed E-state index contributed by atoms with van der Waals surface area (Å²) < 4.78 is 0. The van der Waals surface area contributed by atoms with Crippen LogP contribution >= 0.6 is 34.3 Å². The van der Waals surface area contributed by atoms with Crippen molar-refractivity contribution in [3.63, 3.8) is 0 Å². The lowest BCUT2D eigenvalue weighted by molar-refractivity contribution is 0.183. The second-order valence-corrected chi connectivity index (χ2v) is 5.15. The van der Waals surface area contributed by atoms with Gasteiger partial charge in [0.05, 0.1) is 21.5 Å². The van der Waals surface area contributed by atoms with E-state index in [9.17, 15) is 5.11 Å². The zero-order valence-corrected chi connectivity index (χ0v) is 9.57. The van der Waals surface area contributed by atoms with Crippen molar-refractivity contribution in [1.29, 1.82) is 0 Å². The van der Waals surface area contributed by atoms with Crippen LogP contribution in [0.25, 0.3) is 0 Å². The van der Waals surface area contributed by atoms with Gasteiger partial charge in [-0.3, -0.25) is 4.98 Å². The number of aromatic nitrogens is 1. The maximum Gasteiger partial charge on any atom is 0.0945 e. The van der Waals surface area contributed by atoms with E-state index in [-0.39, 0.29) is 0 Å². The molecule has 0 bridgehead atoms. The quantitative estimate of drug-likeness (QED) is 0.901. The third-order valence-electron chi connectivity index (χ3n) is 1.83. The normalized spacial score (nSPS) is 13.0. The minimum atomic E-state index is -0.511. The van der Waals surface area contributed by atoms with Crippen LogP contribution < -0.4 is 0 Å². The van der Waals surface area contributed by atoms with E-state index in [0.29, 0.717) is 11.4 Å². The summed E-state index contributed by atoms with van der Waals surface area (Å²) in [7, 11) is 0. The first-order chi connectivity index (χ1) is 6.77. The third kappa shape index (κ3) is 2.15. The van der Waals surface area contributed by atoms with Crippen molar-refractivity contribution in [2.45, 2.75) is 12.5 Å². The molecule has 0 spiro atoms. The topological polar surface area (TPSA) is 33.1 Å². The molecule has 5 heteroatoms. The van der Waals surface area contributed by atoms with Crippen LogP contribution in [0.1, 0.15) is 15.9 Å². The van der Waals surface area contributed by atoms with Crippen molar-refractivity contribution in [2.75, 3.05) is 0 Å². The molecule has 1 unspecified atom stereocenters. The Morgan fingerprint density at radius 3 is 2.93 bits per heavy atom. The van der Waals surface area contributed by atoms with Gasteiger partial charge in [0, 0.05) is 17.5 Å². The van der Waals surface area contributed by atoms with Gasteiger partial charge in [-0.1, -0.05) is 11.6 Å². The highest BCUT2D eigenvalue weighted by Gasteiger charge is 2.14. The molecule has 0 saturated carbocycles. The molecule has 2 heterocycles. The van der Waals surface area contributed by atoms with Gasteiger partial charge in [-0.2, -0.15) is 0 Å². The average molecular weight is 246 g/mol. The average Bonchev–Trinajstić information content (AvgIpc) is 2.75. The largest absolute Gasteiger partial charge is 0.387 e. The van der Waals surface area contributed by atoms with Gasteiger partial charge in [0.15, 0.2) is 0 Å². The minimum absolute atomic E-state index is 0.511. The number of thiophene rings is 1. The van der Waals surface area contributed by atoms with Gasteiger partial charge in [-0.25, -0.2) is 0 Å². The Morgan fingerprint density at radius 1 is 1.50 bits per heavy atom. The summed E-state index contributed by atoms with van der Waals surface area (Å²) in [6.45, 7) is 0. The molecule has 0 aromatic carbocycles. The number of aliphatic hydroxyl groups is 1. The van der Waals surface area contributed by atoms with Gasteiger partial charge < -0.3 is 5.11 Å².